The Morgan fingerprint density at radius 2 is 2.00 bits per heavy atom. The van der Waals surface area contributed by atoms with Gasteiger partial charge in [0, 0.05) is 12.1 Å². The number of hydrogen-bond donors (Lipinski definition) is 0. The predicted molar refractivity (Wildman–Crippen MR) is 75.9 cm³/mol. The maximum absolute atomic E-state index is 9.25. The van der Waals surface area contributed by atoms with E-state index in [2.05, 4.69) is 11.2 Å². The van der Waals surface area contributed by atoms with Crippen LogP contribution in [0.15, 0.2) is 30.3 Å². The first-order chi connectivity index (χ1) is 9.13. The molecular weight excluding hydrogens is 260 g/mol. The molecule has 4 nitrogen and oxygen atoms in total. The molecule has 0 bridgehead atoms. The lowest BCUT2D eigenvalue weighted by Gasteiger charge is -2.09. The summed E-state index contributed by atoms with van der Waals surface area (Å²) in [6.45, 7) is 1.48. The number of likely N-dealkylation sites (N-methyl/N-ethyl adjacent to an activating group) is 1. The van der Waals surface area contributed by atoms with Crippen LogP contribution in [-0.4, -0.2) is 35.3 Å². The second kappa shape index (κ2) is 5.87. The van der Waals surface area contributed by atoms with E-state index in [9.17, 15) is 5.26 Å². The normalized spacial score (nSPS) is 10.7. The molecule has 0 unspecified atom stereocenters. The summed E-state index contributed by atoms with van der Waals surface area (Å²) >= 11 is 6.22. The zero-order chi connectivity index (χ0) is 13.8. The Kier molecular flexibility index (Phi) is 4.20. The van der Waals surface area contributed by atoms with E-state index >= 15 is 0 Å². The molecule has 1 aromatic heterocycles. The first-order valence-electron chi connectivity index (χ1n) is 6.00. The first-order valence-corrected chi connectivity index (χ1v) is 6.38. The smallest absolute Gasteiger partial charge is 0.145 e. The average Bonchev–Trinajstić information content (AvgIpc) is 2.74. The molecule has 19 heavy (non-hydrogen) atoms. The molecular formula is C14H15ClN4. The van der Waals surface area contributed by atoms with Crippen LogP contribution in [0.3, 0.4) is 0 Å². The topological polar surface area (TPSA) is 44.9 Å². The van der Waals surface area contributed by atoms with Gasteiger partial charge in [-0.05, 0) is 14.1 Å². The van der Waals surface area contributed by atoms with Gasteiger partial charge in [-0.2, -0.15) is 10.4 Å². The molecule has 0 atom stereocenters. The quantitative estimate of drug-likeness (QED) is 0.861. The van der Waals surface area contributed by atoms with Gasteiger partial charge in [0.2, 0.25) is 0 Å². The van der Waals surface area contributed by atoms with E-state index in [4.69, 9.17) is 11.6 Å². The highest BCUT2D eigenvalue weighted by molar-refractivity contribution is 6.31. The summed E-state index contributed by atoms with van der Waals surface area (Å²) in [5, 5.41) is 14.1. The van der Waals surface area contributed by atoms with Gasteiger partial charge in [-0.15, -0.1) is 0 Å². The summed E-state index contributed by atoms with van der Waals surface area (Å²) < 4.78 is 1.68. The Bertz CT molecular complexity index is 596. The number of hydrogen-bond acceptors (Lipinski definition) is 3. The third-order valence-corrected chi connectivity index (χ3v) is 3.19. The minimum Gasteiger partial charge on any atom is -0.308 e. The molecule has 0 aliphatic carbocycles. The Morgan fingerprint density at radius 1 is 1.32 bits per heavy atom. The lowest BCUT2D eigenvalue weighted by Crippen LogP contribution is -2.19. The Balaban J connectivity index is 2.40. The molecule has 0 N–H and O–H groups in total. The Morgan fingerprint density at radius 3 is 2.58 bits per heavy atom. The fourth-order valence-corrected chi connectivity index (χ4v) is 2.04. The number of rotatable bonds is 4. The van der Waals surface area contributed by atoms with Gasteiger partial charge in [-0.25, -0.2) is 0 Å². The van der Waals surface area contributed by atoms with Crippen molar-refractivity contribution in [3.8, 4) is 17.3 Å². The second-order valence-corrected chi connectivity index (χ2v) is 4.88. The van der Waals surface area contributed by atoms with Crippen molar-refractivity contribution in [2.75, 3.05) is 20.6 Å². The van der Waals surface area contributed by atoms with Crippen LogP contribution < -0.4 is 0 Å². The summed E-state index contributed by atoms with van der Waals surface area (Å²) in [5.74, 6) is 0. The monoisotopic (exact) mass is 274 g/mol. The molecule has 1 aromatic carbocycles. The van der Waals surface area contributed by atoms with E-state index in [0.29, 0.717) is 23.0 Å². The zero-order valence-corrected chi connectivity index (χ0v) is 11.7. The summed E-state index contributed by atoms with van der Waals surface area (Å²) in [7, 11) is 3.97. The molecule has 2 aromatic rings. The third kappa shape index (κ3) is 2.95. The third-order valence-electron chi connectivity index (χ3n) is 2.81. The molecule has 0 saturated heterocycles. The number of nitrogens with zero attached hydrogens (tertiary/aromatic N) is 4. The number of halogens is 1. The van der Waals surface area contributed by atoms with Crippen molar-refractivity contribution in [2.24, 2.45) is 0 Å². The standard InChI is InChI=1S/C14H15ClN4/c1-18(2)8-9-19-14(15)12(10-16)13(17-19)11-6-4-3-5-7-11/h3-7H,8-9H2,1-2H3. The Hall–Kier alpha value is -1.83. The van der Waals surface area contributed by atoms with Crippen LogP contribution in [0.1, 0.15) is 5.56 Å². The van der Waals surface area contributed by atoms with E-state index in [0.717, 1.165) is 12.1 Å². The molecule has 98 valence electrons. The van der Waals surface area contributed by atoms with E-state index < -0.39 is 0 Å². The maximum Gasteiger partial charge on any atom is 0.145 e. The van der Waals surface area contributed by atoms with Gasteiger partial charge in [-0.3, -0.25) is 4.68 Å². The van der Waals surface area contributed by atoms with Gasteiger partial charge >= 0.3 is 0 Å². The fraction of sp³-hybridized carbons (Fsp3) is 0.286. The average molecular weight is 275 g/mol. The van der Waals surface area contributed by atoms with Gasteiger partial charge in [0.25, 0.3) is 0 Å². The van der Waals surface area contributed by atoms with Crippen molar-refractivity contribution in [1.29, 1.82) is 5.26 Å². The van der Waals surface area contributed by atoms with E-state index in [-0.39, 0.29) is 0 Å². The van der Waals surface area contributed by atoms with E-state index in [1.165, 1.54) is 0 Å². The van der Waals surface area contributed by atoms with Crippen molar-refractivity contribution < 1.29 is 0 Å². The van der Waals surface area contributed by atoms with Crippen LogP contribution in [-0.2, 0) is 6.54 Å². The lowest BCUT2D eigenvalue weighted by molar-refractivity contribution is 0.373. The second-order valence-electron chi connectivity index (χ2n) is 4.52. The van der Waals surface area contributed by atoms with Crippen LogP contribution in [0, 0.1) is 11.3 Å². The van der Waals surface area contributed by atoms with Gasteiger partial charge in [0.15, 0.2) is 0 Å². The largest absolute Gasteiger partial charge is 0.308 e. The highest BCUT2D eigenvalue weighted by Gasteiger charge is 2.17. The predicted octanol–water partition coefficient (Wildman–Crippen LogP) is 2.64. The van der Waals surface area contributed by atoms with Crippen LogP contribution in [0.4, 0.5) is 0 Å². The molecule has 5 heteroatoms. The van der Waals surface area contributed by atoms with Crippen molar-refractivity contribution in [3.05, 3.63) is 41.0 Å². The van der Waals surface area contributed by atoms with Crippen molar-refractivity contribution >= 4 is 11.6 Å². The Labute approximate surface area is 117 Å². The summed E-state index contributed by atoms with van der Waals surface area (Å²) in [5.41, 5.74) is 1.99. The summed E-state index contributed by atoms with van der Waals surface area (Å²) in [6.07, 6.45) is 0. The highest BCUT2D eigenvalue weighted by atomic mass is 35.5. The molecule has 0 amide bonds. The molecule has 1 heterocycles. The minimum absolute atomic E-state index is 0.406. The van der Waals surface area contributed by atoms with Crippen molar-refractivity contribution in [2.45, 2.75) is 6.54 Å². The SMILES string of the molecule is CN(C)CCn1nc(-c2ccccc2)c(C#N)c1Cl. The van der Waals surface area contributed by atoms with Gasteiger partial charge < -0.3 is 4.90 Å². The van der Waals surface area contributed by atoms with Crippen molar-refractivity contribution in [1.82, 2.24) is 14.7 Å². The molecule has 0 fully saturated rings. The van der Waals surface area contributed by atoms with Crippen LogP contribution in [0.5, 0.6) is 0 Å². The highest BCUT2D eigenvalue weighted by Crippen LogP contribution is 2.27. The van der Waals surface area contributed by atoms with Gasteiger partial charge in [-0.1, -0.05) is 41.9 Å². The van der Waals surface area contributed by atoms with E-state index in [1.54, 1.807) is 4.68 Å². The lowest BCUT2D eigenvalue weighted by atomic mass is 10.1. The number of benzene rings is 1. The maximum atomic E-state index is 9.25. The molecule has 0 aliphatic rings. The molecule has 0 saturated carbocycles. The van der Waals surface area contributed by atoms with Gasteiger partial charge in [0.05, 0.1) is 6.54 Å². The minimum atomic E-state index is 0.406. The summed E-state index contributed by atoms with van der Waals surface area (Å²) in [6, 6.07) is 11.8. The molecule has 0 spiro atoms. The number of nitriles is 1. The summed E-state index contributed by atoms with van der Waals surface area (Å²) in [4.78, 5) is 2.05. The van der Waals surface area contributed by atoms with Crippen LogP contribution >= 0.6 is 11.6 Å². The van der Waals surface area contributed by atoms with Crippen LogP contribution in [0.2, 0.25) is 5.15 Å². The van der Waals surface area contributed by atoms with E-state index in [1.807, 2.05) is 49.3 Å². The van der Waals surface area contributed by atoms with Crippen LogP contribution in [0.25, 0.3) is 11.3 Å². The molecule has 0 aliphatic heterocycles. The number of aromatic nitrogens is 2. The van der Waals surface area contributed by atoms with Crippen molar-refractivity contribution in [3.63, 3.8) is 0 Å². The fourth-order valence-electron chi connectivity index (χ4n) is 1.78. The molecule has 2 rings (SSSR count). The molecule has 0 radical (unpaired) electrons. The first kappa shape index (κ1) is 13.6. The van der Waals surface area contributed by atoms with Gasteiger partial charge in [0.1, 0.15) is 22.5 Å². The zero-order valence-electron chi connectivity index (χ0n) is 11.0.